The zero-order valence-electron chi connectivity index (χ0n) is 21.2. The first-order chi connectivity index (χ1) is 18.7. The van der Waals surface area contributed by atoms with Crippen LogP contribution in [0.3, 0.4) is 0 Å². The van der Waals surface area contributed by atoms with Crippen LogP contribution in [0.2, 0.25) is 5.02 Å². The van der Waals surface area contributed by atoms with Gasteiger partial charge in [0.2, 0.25) is 0 Å². The van der Waals surface area contributed by atoms with Crippen molar-refractivity contribution in [3.8, 4) is 17.1 Å². The van der Waals surface area contributed by atoms with Crippen LogP contribution in [0.5, 0.6) is 5.75 Å². The Labute approximate surface area is 231 Å². The number of anilines is 2. The molecule has 4 aromatic rings. The van der Waals surface area contributed by atoms with Gasteiger partial charge in [-0.15, -0.1) is 0 Å². The molecule has 0 amide bonds. The van der Waals surface area contributed by atoms with Crippen molar-refractivity contribution in [2.75, 3.05) is 30.1 Å². The van der Waals surface area contributed by atoms with Crippen molar-refractivity contribution in [2.45, 2.75) is 13.2 Å². The van der Waals surface area contributed by atoms with E-state index in [1.807, 2.05) is 48.7 Å². The number of nitrogens with zero attached hydrogens (tertiary/aromatic N) is 2. The molecule has 3 aromatic carbocycles. The second-order valence-corrected chi connectivity index (χ2v) is 11.9. The molecule has 0 fully saturated rings. The number of fused-ring (bicyclic) bond motifs is 1. The molecule has 10 heteroatoms. The molecule has 0 atom stereocenters. The third-order valence-corrected chi connectivity index (χ3v) is 7.42. The molecule has 0 spiro atoms. The van der Waals surface area contributed by atoms with Crippen molar-refractivity contribution in [1.29, 1.82) is 0 Å². The molecule has 1 aromatic heterocycles. The zero-order valence-corrected chi connectivity index (χ0v) is 22.8. The summed E-state index contributed by atoms with van der Waals surface area (Å²) in [5.74, 6) is 1.72. The van der Waals surface area contributed by atoms with Crippen molar-refractivity contribution in [1.82, 2.24) is 5.32 Å². The topological polar surface area (TPSA) is 84.1 Å². The van der Waals surface area contributed by atoms with Gasteiger partial charge in [0, 0.05) is 35.8 Å². The Morgan fingerprint density at radius 3 is 2.77 bits per heavy atom. The molecule has 39 heavy (non-hydrogen) atoms. The molecular formula is C29H27ClFN3O4S. The normalized spacial score (nSPS) is 12.9. The molecule has 7 nitrogen and oxygen atoms in total. The van der Waals surface area contributed by atoms with Crippen molar-refractivity contribution in [3.63, 3.8) is 0 Å². The number of nitrogens with one attached hydrogen (secondary N) is 1. The molecule has 0 saturated carbocycles. The summed E-state index contributed by atoms with van der Waals surface area (Å²) in [7, 11) is -3.00. The van der Waals surface area contributed by atoms with Crippen LogP contribution in [0.4, 0.5) is 15.8 Å². The predicted octanol–water partition coefficient (Wildman–Crippen LogP) is 5.98. The van der Waals surface area contributed by atoms with Gasteiger partial charge in [-0.1, -0.05) is 23.7 Å². The first kappa shape index (κ1) is 26.9. The minimum absolute atomic E-state index is 0.0805. The van der Waals surface area contributed by atoms with Gasteiger partial charge in [-0.3, -0.25) is 4.99 Å². The lowest BCUT2D eigenvalue weighted by molar-refractivity contribution is 0.306. The molecule has 0 aliphatic carbocycles. The molecule has 0 saturated heterocycles. The predicted molar refractivity (Wildman–Crippen MR) is 152 cm³/mol. The van der Waals surface area contributed by atoms with Crippen LogP contribution in [0.25, 0.3) is 11.3 Å². The second kappa shape index (κ2) is 11.6. The number of benzene rings is 3. The van der Waals surface area contributed by atoms with Gasteiger partial charge in [-0.05, 0) is 66.2 Å². The van der Waals surface area contributed by atoms with Crippen LogP contribution in [0.1, 0.15) is 16.9 Å². The first-order valence-corrected chi connectivity index (χ1v) is 14.7. The summed E-state index contributed by atoms with van der Waals surface area (Å²) in [5, 5.41) is 3.54. The van der Waals surface area contributed by atoms with E-state index in [1.165, 1.54) is 18.4 Å². The minimum atomic E-state index is -3.00. The van der Waals surface area contributed by atoms with Crippen molar-refractivity contribution in [3.05, 3.63) is 101 Å². The summed E-state index contributed by atoms with van der Waals surface area (Å²) in [6.45, 7) is 1.46. The molecule has 5 rings (SSSR count). The van der Waals surface area contributed by atoms with Crippen LogP contribution < -0.4 is 15.0 Å². The highest BCUT2D eigenvalue weighted by Gasteiger charge is 2.19. The van der Waals surface area contributed by atoms with Gasteiger partial charge in [0.1, 0.15) is 46.2 Å². The van der Waals surface area contributed by atoms with E-state index in [-0.39, 0.29) is 18.2 Å². The highest BCUT2D eigenvalue weighted by Crippen LogP contribution is 2.37. The average Bonchev–Trinajstić information content (AvgIpc) is 3.38. The summed E-state index contributed by atoms with van der Waals surface area (Å²) in [4.78, 5) is 6.58. The summed E-state index contributed by atoms with van der Waals surface area (Å²) >= 11 is 6.54. The molecule has 1 aliphatic heterocycles. The lowest BCUT2D eigenvalue weighted by Gasteiger charge is -2.28. The highest BCUT2D eigenvalue weighted by molar-refractivity contribution is 7.90. The number of rotatable bonds is 10. The fourth-order valence-electron chi connectivity index (χ4n) is 4.23. The number of furan rings is 1. The van der Waals surface area contributed by atoms with Gasteiger partial charge >= 0.3 is 0 Å². The Morgan fingerprint density at radius 1 is 1.10 bits per heavy atom. The molecule has 0 bridgehead atoms. The molecule has 202 valence electrons. The van der Waals surface area contributed by atoms with E-state index in [2.05, 4.69) is 15.2 Å². The Hall–Kier alpha value is -3.66. The highest BCUT2D eigenvalue weighted by atomic mass is 35.5. The fourth-order valence-corrected chi connectivity index (χ4v) is 4.98. The Bertz CT molecular complexity index is 1620. The van der Waals surface area contributed by atoms with Gasteiger partial charge in [-0.2, -0.15) is 0 Å². The summed E-state index contributed by atoms with van der Waals surface area (Å²) < 4.78 is 47.8. The SMILES string of the molecule is CS(=O)(=O)CCNCc1ccc(-c2ccc3c(c2)C=NCN3c2ccc(OCc3cccc(F)c3)c(Cl)c2)o1. The molecule has 1 aliphatic rings. The first-order valence-electron chi connectivity index (χ1n) is 12.3. The van der Waals surface area contributed by atoms with Gasteiger partial charge < -0.3 is 19.4 Å². The summed E-state index contributed by atoms with van der Waals surface area (Å²) in [6.07, 6.45) is 3.06. The maximum Gasteiger partial charge on any atom is 0.148 e. The third-order valence-electron chi connectivity index (χ3n) is 6.18. The smallest absolute Gasteiger partial charge is 0.148 e. The van der Waals surface area contributed by atoms with Crippen LogP contribution >= 0.6 is 11.6 Å². The molecule has 0 radical (unpaired) electrons. The van der Waals surface area contributed by atoms with E-state index in [4.69, 9.17) is 20.8 Å². The van der Waals surface area contributed by atoms with Gasteiger partial charge in [0.15, 0.2) is 0 Å². The van der Waals surface area contributed by atoms with E-state index in [9.17, 15) is 12.8 Å². The fraction of sp³-hybridized carbons (Fsp3) is 0.207. The van der Waals surface area contributed by atoms with Crippen molar-refractivity contribution in [2.24, 2.45) is 4.99 Å². The Kier molecular flexibility index (Phi) is 8.02. The lowest BCUT2D eigenvalue weighted by Crippen LogP contribution is -2.22. The Balaban J connectivity index is 1.27. The summed E-state index contributed by atoms with van der Waals surface area (Å²) in [6, 6.07) is 21.6. The minimum Gasteiger partial charge on any atom is -0.487 e. The number of ether oxygens (including phenoxy) is 1. The number of hydrogen-bond donors (Lipinski definition) is 1. The van der Waals surface area contributed by atoms with Crippen LogP contribution in [0.15, 0.2) is 82.2 Å². The lowest BCUT2D eigenvalue weighted by atomic mass is 10.1. The molecule has 1 N–H and O–H groups in total. The van der Waals surface area contributed by atoms with Gasteiger partial charge in [0.25, 0.3) is 0 Å². The Morgan fingerprint density at radius 2 is 1.97 bits per heavy atom. The van der Waals surface area contributed by atoms with Crippen LogP contribution in [-0.4, -0.2) is 39.9 Å². The van der Waals surface area contributed by atoms with Gasteiger partial charge in [-0.25, -0.2) is 12.8 Å². The standard InChI is InChI=1S/C29H27ClFN3O4S/c1-39(35,36)12-11-32-17-25-7-10-28(38-25)21-5-8-27-22(14-21)16-33-19-34(27)24-6-9-29(26(30)15-24)37-18-20-3-2-4-23(31)13-20/h2-10,13-16,32H,11-12,17-19H2,1H3. The maximum absolute atomic E-state index is 13.4. The number of sulfone groups is 1. The summed E-state index contributed by atoms with van der Waals surface area (Å²) in [5.41, 5.74) is 4.41. The zero-order chi connectivity index (χ0) is 27.4. The van der Waals surface area contributed by atoms with E-state index in [1.54, 1.807) is 18.2 Å². The quantitative estimate of drug-likeness (QED) is 0.237. The van der Waals surface area contributed by atoms with Crippen LogP contribution in [0, 0.1) is 5.82 Å². The largest absolute Gasteiger partial charge is 0.487 e. The number of aliphatic imine (C=N–C) groups is 1. The average molecular weight is 568 g/mol. The van der Waals surface area contributed by atoms with E-state index in [0.29, 0.717) is 36.3 Å². The van der Waals surface area contributed by atoms with Gasteiger partial charge in [0.05, 0.1) is 23.0 Å². The van der Waals surface area contributed by atoms with Crippen molar-refractivity contribution < 1.29 is 22.0 Å². The number of halogens is 2. The molecule has 2 heterocycles. The maximum atomic E-state index is 13.4. The second-order valence-electron chi connectivity index (χ2n) is 9.26. The van der Waals surface area contributed by atoms with E-state index >= 15 is 0 Å². The number of hydrogen-bond acceptors (Lipinski definition) is 7. The van der Waals surface area contributed by atoms with E-state index < -0.39 is 9.84 Å². The van der Waals surface area contributed by atoms with Crippen LogP contribution in [-0.2, 0) is 23.0 Å². The van der Waals surface area contributed by atoms with E-state index in [0.717, 1.165) is 33.8 Å². The third kappa shape index (κ3) is 6.86. The molecule has 0 unspecified atom stereocenters. The monoisotopic (exact) mass is 567 g/mol. The molecular weight excluding hydrogens is 541 g/mol. The van der Waals surface area contributed by atoms with Crippen molar-refractivity contribution >= 4 is 39.0 Å².